The second kappa shape index (κ2) is 5.20. The molecule has 0 unspecified atom stereocenters. The number of anilines is 1. The van der Waals surface area contributed by atoms with Crippen LogP contribution in [0.3, 0.4) is 0 Å². The Labute approximate surface area is 112 Å². The molecule has 20 heavy (non-hydrogen) atoms. The lowest BCUT2D eigenvalue weighted by Gasteiger charge is -2.11. The Morgan fingerprint density at radius 3 is 2.35 bits per heavy atom. The highest BCUT2D eigenvalue weighted by Gasteiger charge is 2.31. The molecular formula is C13H9F3N2O2. The maximum atomic E-state index is 12.5. The van der Waals surface area contributed by atoms with Crippen LogP contribution >= 0.6 is 0 Å². The summed E-state index contributed by atoms with van der Waals surface area (Å²) in [4.78, 5) is 15.5. The Kier molecular flexibility index (Phi) is 3.60. The number of nitrogens with two attached hydrogens (primary N) is 1. The molecule has 104 valence electrons. The van der Waals surface area contributed by atoms with Gasteiger partial charge in [-0.1, -0.05) is 0 Å². The van der Waals surface area contributed by atoms with Crippen LogP contribution in [0.4, 0.5) is 18.9 Å². The quantitative estimate of drug-likeness (QED) is 0.522. The van der Waals surface area contributed by atoms with Gasteiger partial charge in [0.1, 0.15) is 0 Å². The second-order valence-electron chi connectivity index (χ2n) is 3.88. The third-order valence-corrected chi connectivity index (χ3v) is 2.46. The van der Waals surface area contributed by atoms with Gasteiger partial charge >= 0.3 is 12.1 Å². The number of pyridine rings is 1. The van der Waals surface area contributed by atoms with Crippen molar-refractivity contribution < 1.29 is 22.7 Å². The lowest BCUT2D eigenvalue weighted by atomic mass is 10.2. The molecule has 2 N–H and O–H groups in total. The summed E-state index contributed by atoms with van der Waals surface area (Å²) < 4.78 is 42.3. The monoisotopic (exact) mass is 282 g/mol. The molecular weight excluding hydrogens is 273 g/mol. The Balaban J connectivity index is 2.21. The van der Waals surface area contributed by atoms with Crippen LogP contribution in [0.2, 0.25) is 0 Å². The van der Waals surface area contributed by atoms with Gasteiger partial charge in [0.2, 0.25) is 0 Å². The first-order chi connectivity index (χ1) is 9.38. The molecule has 1 aromatic carbocycles. The molecule has 0 fully saturated rings. The summed E-state index contributed by atoms with van der Waals surface area (Å²) in [5.74, 6) is -0.848. The zero-order valence-corrected chi connectivity index (χ0v) is 10.0. The molecule has 1 heterocycles. The van der Waals surface area contributed by atoms with Crippen molar-refractivity contribution >= 4 is 11.7 Å². The Bertz CT molecular complexity index is 627. The van der Waals surface area contributed by atoms with E-state index in [1.807, 2.05) is 0 Å². The van der Waals surface area contributed by atoms with Crippen molar-refractivity contribution in [1.82, 2.24) is 4.98 Å². The molecule has 0 aliphatic rings. The number of hydrogen-bond acceptors (Lipinski definition) is 4. The highest BCUT2D eigenvalue weighted by atomic mass is 19.4. The van der Waals surface area contributed by atoms with Crippen molar-refractivity contribution in [2.24, 2.45) is 0 Å². The Hall–Kier alpha value is -2.57. The van der Waals surface area contributed by atoms with Crippen LogP contribution in [-0.4, -0.2) is 11.0 Å². The first kappa shape index (κ1) is 13.9. The predicted molar refractivity (Wildman–Crippen MR) is 65.1 cm³/mol. The summed E-state index contributed by atoms with van der Waals surface area (Å²) in [5.41, 5.74) is 4.51. The fourth-order valence-electron chi connectivity index (χ4n) is 1.46. The average molecular weight is 282 g/mol. The lowest BCUT2D eigenvalue weighted by Crippen LogP contribution is -2.11. The molecule has 2 rings (SSSR count). The summed E-state index contributed by atoms with van der Waals surface area (Å²) >= 11 is 0. The van der Waals surface area contributed by atoms with Crippen molar-refractivity contribution in [2.45, 2.75) is 6.18 Å². The first-order valence-electron chi connectivity index (χ1n) is 5.47. The van der Waals surface area contributed by atoms with E-state index in [9.17, 15) is 18.0 Å². The highest BCUT2D eigenvalue weighted by Crippen LogP contribution is 2.33. The molecule has 7 heteroatoms. The van der Waals surface area contributed by atoms with E-state index in [1.54, 1.807) is 0 Å². The van der Waals surface area contributed by atoms with E-state index in [1.165, 1.54) is 24.5 Å². The number of nitrogens with zero attached hydrogens (tertiary/aromatic N) is 1. The second-order valence-corrected chi connectivity index (χ2v) is 3.88. The van der Waals surface area contributed by atoms with Gasteiger partial charge in [-0.2, -0.15) is 13.2 Å². The van der Waals surface area contributed by atoms with Crippen molar-refractivity contribution in [3.63, 3.8) is 0 Å². The summed E-state index contributed by atoms with van der Waals surface area (Å²) in [5, 5.41) is 0. The van der Waals surface area contributed by atoms with Crippen LogP contribution in [0.25, 0.3) is 0 Å². The fourth-order valence-corrected chi connectivity index (χ4v) is 1.46. The van der Waals surface area contributed by atoms with Crippen LogP contribution in [0.15, 0.2) is 42.7 Å². The molecule has 0 bridgehead atoms. The summed E-state index contributed by atoms with van der Waals surface area (Å²) in [6.07, 6.45) is -1.71. The number of benzene rings is 1. The smallest absolute Gasteiger partial charge is 0.416 e. The van der Waals surface area contributed by atoms with Gasteiger partial charge in [0.25, 0.3) is 0 Å². The molecule has 2 aromatic rings. The van der Waals surface area contributed by atoms with Crippen LogP contribution < -0.4 is 10.5 Å². The van der Waals surface area contributed by atoms with E-state index in [0.717, 1.165) is 18.2 Å². The van der Waals surface area contributed by atoms with E-state index in [0.29, 0.717) is 0 Å². The number of carbonyl (C=O) groups excluding carboxylic acids is 1. The van der Waals surface area contributed by atoms with Gasteiger partial charge in [-0.25, -0.2) is 4.79 Å². The number of aromatic nitrogens is 1. The number of alkyl halides is 3. The zero-order chi connectivity index (χ0) is 14.8. The van der Waals surface area contributed by atoms with Gasteiger partial charge in [-0.05, 0) is 30.3 Å². The van der Waals surface area contributed by atoms with E-state index in [4.69, 9.17) is 10.5 Å². The number of esters is 1. The van der Waals surface area contributed by atoms with Gasteiger partial charge in [0.05, 0.1) is 16.8 Å². The molecule has 0 saturated carbocycles. The molecule has 0 amide bonds. The van der Waals surface area contributed by atoms with Gasteiger partial charge in [-0.3, -0.25) is 4.98 Å². The molecule has 0 aliphatic heterocycles. The fraction of sp³-hybridized carbons (Fsp3) is 0.0769. The molecule has 0 saturated heterocycles. The maximum absolute atomic E-state index is 12.5. The van der Waals surface area contributed by atoms with Crippen molar-refractivity contribution in [3.8, 4) is 5.75 Å². The highest BCUT2D eigenvalue weighted by molar-refractivity contribution is 5.91. The minimum absolute atomic E-state index is 0.125. The molecule has 4 nitrogen and oxygen atoms in total. The number of ether oxygens (including phenoxy) is 1. The van der Waals surface area contributed by atoms with E-state index >= 15 is 0 Å². The third kappa shape index (κ3) is 3.05. The van der Waals surface area contributed by atoms with Crippen molar-refractivity contribution in [2.75, 3.05) is 5.73 Å². The molecule has 0 spiro atoms. The minimum Gasteiger partial charge on any atom is -0.421 e. The van der Waals surface area contributed by atoms with Crippen LogP contribution in [0.5, 0.6) is 5.75 Å². The number of nitrogen functional groups attached to an aromatic ring is 1. The Morgan fingerprint density at radius 2 is 1.80 bits per heavy atom. The third-order valence-electron chi connectivity index (χ3n) is 2.46. The van der Waals surface area contributed by atoms with E-state index < -0.39 is 17.7 Å². The molecule has 0 radical (unpaired) electrons. The maximum Gasteiger partial charge on any atom is 0.416 e. The molecule has 0 aliphatic carbocycles. The molecule has 1 aromatic heterocycles. The number of carbonyl (C=O) groups is 1. The SMILES string of the molecule is Nc1cc(C(F)(F)F)ccc1OC(=O)c1ccncc1. The summed E-state index contributed by atoms with van der Waals surface area (Å²) in [6, 6.07) is 5.36. The van der Waals surface area contributed by atoms with Gasteiger partial charge in [0.15, 0.2) is 5.75 Å². The number of hydrogen-bond donors (Lipinski definition) is 1. The minimum atomic E-state index is -4.50. The van der Waals surface area contributed by atoms with Crippen molar-refractivity contribution in [1.29, 1.82) is 0 Å². The largest absolute Gasteiger partial charge is 0.421 e. The molecule has 0 atom stereocenters. The first-order valence-corrected chi connectivity index (χ1v) is 5.47. The van der Waals surface area contributed by atoms with Crippen LogP contribution in [0, 0.1) is 0 Å². The number of rotatable bonds is 2. The summed E-state index contributed by atoms with van der Waals surface area (Å²) in [6.45, 7) is 0. The topological polar surface area (TPSA) is 65.2 Å². The van der Waals surface area contributed by atoms with Crippen LogP contribution in [0.1, 0.15) is 15.9 Å². The predicted octanol–water partition coefficient (Wildman–Crippen LogP) is 2.90. The summed E-state index contributed by atoms with van der Waals surface area (Å²) in [7, 11) is 0. The number of halogens is 3. The Morgan fingerprint density at radius 1 is 1.15 bits per heavy atom. The van der Waals surface area contributed by atoms with Crippen molar-refractivity contribution in [3.05, 3.63) is 53.9 Å². The van der Waals surface area contributed by atoms with Gasteiger partial charge < -0.3 is 10.5 Å². The average Bonchev–Trinajstić information content (AvgIpc) is 2.41. The standard InChI is InChI=1S/C13H9F3N2O2/c14-13(15,16)9-1-2-11(10(17)7-9)20-12(19)8-3-5-18-6-4-8/h1-7H,17H2. The normalized spacial score (nSPS) is 11.2. The van der Waals surface area contributed by atoms with Gasteiger partial charge in [0, 0.05) is 12.4 Å². The zero-order valence-electron chi connectivity index (χ0n) is 10.0. The van der Waals surface area contributed by atoms with E-state index in [2.05, 4.69) is 4.98 Å². The van der Waals surface area contributed by atoms with Gasteiger partial charge in [-0.15, -0.1) is 0 Å². The van der Waals surface area contributed by atoms with E-state index in [-0.39, 0.29) is 17.0 Å². The van der Waals surface area contributed by atoms with Crippen LogP contribution in [-0.2, 0) is 6.18 Å². The lowest BCUT2D eigenvalue weighted by molar-refractivity contribution is -0.137.